The van der Waals surface area contributed by atoms with E-state index in [-0.39, 0.29) is 70.9 Å². The Hall–Kier alpha value is -6.21. The van der Waals surface area contributed by atoms with Crippen molar-refractivity contribution in [2.45, 2.75) is 51.1 Å². The van der Waals surface area contributed by atoms with E-state index in [0.717, 1.165) is 28.3 Å². The second-order valence-corrected chi connectivity index (χ2v) is 13.9. The molecule has 1 saturated heterocycles. The normalized spacial score (nSPS) is 16.4. The third-order valence-electron chi connectivity index (χ3n) is 10.1. The summed E-state index contributed by atoms with van der Waals surface area (Å²) in [7, 11) is 1.76. The molecule has 0 saturated carbocycles. The predicted octanol–water partition coefficient (Wildman–Crippen LogP) is 4.69. The molecular formula is C36H31ClF3N11O5. The summed E-state index contributed by atoms with van der Waals surface area (Å²) in [5.74, 6) is -0.675. The van der Waals surface area contributed by atoms with Gasteiger partial charge in [-0.2, -0.15) is 27.8 Å². The highest BCUT2D eigenvalue weighted by Gasteiger charge is 2.50. The lowest BCUT2D eigenvalue weighted by Gasteiger charge is -2.39. The summed E-state index contributed by atoms with van der Waals surface area (Å²) in [5, 5.41) is 21.4. The average molecular weight is 790 g/mol. The molecule has 288 valence electrons. The number of nitrogens with zero attached hydrogens (tertiary/aromatic N) is 10. The number of aryl methyl sites for hydroxylation is 2. The van der Waals surface area contributed by atoms with Gasteiger partial charge in [-0.1, -0.05) is 35.9 Å². The number of hydrogen-bond donors (Lipinski definition) is 2. The summed E-state index contributed by atoms with van der Waals surface area (Å²) >= 11 is 6.16. The lowest BCUT2D eigenvalue weighted by Crippen LogP contribution is -2.47. The van der Waals surface area contributed by atoms with Crippen LogP contribution in [0.3, 0.4) is 0 Å². The van der Waals surface area contributed by atoms with Crippen molar-refractivity contribution in [3.63, 3.8) is 0 Å². The maximum atomic E-state index is 14.5. The Kier molecular flexibility index (Phi) is 8.87. The predicted molar refractivity (Wildman–Crippen MR) is 193 cm³/mol. The molecule has 4 aromatic heterocycles. The van der Waals surface area contributed by atoms with Crippen LogP contribution in [-0.2, 0) is 34.9 Å². The number of carbonyl (C=O) groups excluding carboxylic acids is 2. The molecule has 16 nitrogen and oxygen atoms in total. The number of alkyl halides is 3. The van der Waals surface area contributed by atoms with Crippen LogP contribution in [0.2, 0.25) is 5.02 Å². The smallest absolute Gasteiger partial charge is 0.416 e. The highest BCUT2D eigenvalue weighted by atomic mass is 35.5. The first-order valence-corrected chi connectivity index (χ1v) is 17.7. The Bertz CT molecular complexity index is 2610. The van der Waals surface area contributed by atoms with Gasteiger partial charge in [-0.05, 0) is 44.9 Å². The molecule has 1 spiro atoms. The van der Waals surface area contributed by atoms with E-state index in [9.17, 15) is 32.7 Å². The summed E-state index contributed by atoms with van der Waals surface area (Å²) < 4.78 is 50.7. The largest absolute Gasteiger partial charge is 0.504 e. The lowest BCUT2D eigenvalue weighted by atomic mass is 9.85. The number of carbonyl (C=O) groups is 2. The third-order valence-corrected chi connectivity index (χ3v) is 10.4. The van der Waals surface area contributed by atoms with Crippen molar-refractivity contribution in [3.05, 3.63) is 98.7 Å². The molecule has 2 amide bonds. The molecular weight excluding hydrogens is 759 g/mol. The number of anilines is 1. The van der Waals surface area contributed by atoms with Crippen molar-refractivity contribution in [2.75, 3.05) is 18.4 Å². The molecule has 0 bridgehead atoms. The average Bonchev–Trinajstić information content (AvgIpc) is 3.88. The van der Waals surface area contributed by atoms with Crippen molar-refractivity contribution in [1.29, 1.82) is 0 Å². The van der Waals surface area contributed by atoms with Crippen LogP contribution in [0.1, 0.15) is 58.9 Å². The quantitative estimate of drug-likeness (QED) is 0.238. The fraction of sp³-hybridized carbons (Fsp3) is 0.306. The topological polar surface area (TPSA) is 188 Å². The molecule has 1 atom stereocenters. The van der Waals surface area contributed by atoms with Crippen LogP contribution in [0.25, 0.3) is 28.6 Å². The van der Waals surface area contributed by atoms with Crippen LogP contribution in [0.5, 0.6) is 5.75 Å². The monoisotopic (exact) mass is 789 g/mol. The van der Waals surface area contributed by atoms with E-state index >= 15 is 0 Å². The van der Waals surface area contributed by atoms with Crippen molar-refractivity contribution < 1.29 is 32.6 Å². The molecule has 0 aliphatic carbocycles. The minimum atomic E-state index is -4.64. The molecule has 2 aromatic carbocycles. The molecule has 20 heteroatoms. The molecule has 8 rings (SSSR count). The summed E-state index contributed by atoms with van der Waals surface area (Å²) in [6.07, 6.45) is -2.39. The number of amides is 2. The maximum absolute atomic E-state index is 14.5. The van der Waals surface area contributed by atoms with Crippen molar-refractivity contribution in [3.8, 4) is 28.5 Å². The number of nitrogens with one attached hydrogen (secondary N) is 1. The zero-order valence-electron chi connectivity index (χ0n) is 29.9. The number of likely N-dealkylation sites (tertiary alicyclic amines) is 1. The lowest BCUT2D eigenvalue weighted by molar-refractivity contribution is -0.137. The second kappa shape index (κ2) is 13.5. The highest BCUT2D eigenvalue weighted by Crippen LogP contribution is 2.48. The first-order chi connectivity index (χ1) is 26.6. The first kappa shape index (κ1) is 36.8. The molecule has 2 aliphatic rings. The van der Waals surface area contributed by atoms with Crippen LogP contribution < -0.4 is 10.9 Å². The molecule has 6 aromatic rings. The maximum Gasteiger partial charge on any atom is 0.416 e. The van der Waals surface area contributed by atoms with Gasteiger partial charge >= 0.3 is 6.18 Å². The number of halogens is 4. The van der Waals surface area contributed by atoms with E-state index < -0.39 is 47.4 Å². The fourth-order valence-electron chi connectivity index (χ4n) is 7.32. The third kappa shape index (κ3) is 6.21. The Morgan fingerprint density at radius 2 is 1.77 bits per heavy atom. The summed E-state index contributed by atoms with van der Waals surface area (Å²) in [5.41, 5.74) is -0.715. The van der Waals surface area contributed by atoms with Gasteiger partial charge in [-0.15, -0.1) is 5.10 Å². The van der Waals surface area contributed by atoms with Crippen molar-refractivity contribution in [2.24, 2.45) is 7.05 Å². The van der Waals surface area contributed by atoms with E-state index in [1.807, 2.05) is 0 Å². The molecule has 2 aliphatic heterocycles. The Labute approximate surface area is 319 Å². The fourth-order valence-corrected chi connectivity index (χ4v) is 7.55. The second-order valence-electron chi connectivity index (χ2n) is 13.5. The van der Waals surface area contributed by atoms with E-state index in [1.54, 1.807) is 49.8 Å². The van der Waals surface area contributed by atoms with Crippen LogP contribution >= 0.6 is 11.6 Å². The molecule has 0 radical (unpaired) electrons. The van der Waals surface area contributed by atoms with E-state index in [0.29, 0.717) is 17.1 Å². The van der Waals surface area contributed by atoms with E-state index in [4.69, 9.17) is 21.3 Å². The van der Waals surface area contributed by atoms with Crippen molar-refractivity contribution in [1.82, 2.24) is 48.8 Å². The van der Waals surface area contributed by atoms with Crippen molar-refractivity contribution >= 4 is 34.9 Å². The van der Waals surface area contributed by atoms with Gasteiger partial charge in [0.15, 0.2) is 23.1 Å². The van der Waals surface area contributed by atoms with Gasteiger partial charge in [0, 0.05) is 31.3 Å². The number of ether oxygens (including phenoxy) is 1. The number of rotatable bonds is 6. The van der Waals surface area contributed by atoms with Gasteiger partial charge in [0.2, 0.25) is 11.7 Å². The summed E-state index contributed by atoms with van der Waals surface area (Å²) in [6.45, 7) is 3.11. The SMILES string of the molecule is Cc1ncnc(C(=O)N2CCC3(CC2)O[C@H](C)c2c3c(=O)n3nc(-c4ccc(-c5ncnn5C)cc4)nc3n2CC(=O)Nc2ccc(C(F)(F)F)cc2Cl)c1O. The first-order valence-electron chi connectivity index (χ1n) is 17.3. The Morgan fingerprint density at radius 1 is 1.05 bits per heavy atom. The number of aromatic hydroxyl groups is 1. The minimum Gasteiger partial charge on any atom is -0.504 e. The number of fused-ring (bicyclic) bond motifs is 3. The van der Waals surface area contributed by atoms with Gasteiger partial charge in [0.05, 0.1) is 39.3 Å². The molecule has 2 N–H and O–H groups in total. The van der Waals surface area contributed by atoms with E-state index in [2.05, 4.69) is 30.5 Å². The summed E-state index contributed by atoms with van der Waals surface area (Å²) in [4.78, 5) is 60.0. The standard InChI is InChI=1S/C36H31ClF3N11O5/c1-18-29(53)27(42-16-41-18)33(55)49-12-10-35(11-13-49)26-28(19(2)56-35)50(15-25(52)45-24-9-8-22(14-23(24)37)36(38,39)40)34-46-30(47-51(34)32(26)54)20-4-6-21(7-5-20)31-43-17-44-48(31)3/h4-9,14,16-17,19,53H,10-13,15H2,1-3H3,(H,45,52)/t19-/m1/s1. The zero-order chi connectivity index (χ0) is 39.7. The van der Waals surface area contributed by atoms with Crippen LogP contribution in [0, 0.1) is 6.92 Å². The Balaban J connectivity index is 1.18. The molecule has 0 unspecified atom stereocenters. The van der Waals surface area contributed by atoms with Crippen LogP contribution in [-0.4, -0.2) is 78.8 Å². The molecule has 1 fully saturated rings. The number of aromatic nitrogens is 9. The number of benzene rings is 2. The van der Waals surface area contributed by atoms with Gasteiger partial charge in [0.25, 0.3) is 11.5 Å². The van der Waals surface area contributed by atoms with Crippen LogP contribution in [0.4, 0.5) is 18.9 Å². The van der Waals surface area contributed by atoms with Crippen LogP contribution in [0.15, 0.2) is 59.9 Å². The zero-order valence-corrected chi connectivity index (χ0v) is 30.6. The molecule has 6 heterocycles. The van der Waals surface area contributed by atoms with E-state index in [1.165, 1.54) is 22.1 Å². The minimum absolute atomic E-state index is 0.0181. The van der Waals surface area contributed by atoms with Gasteiger partial charge in [0.1, 0.15) is 24.8 Å². The highest BCUT2D eigenvalue weighted by molar-refractivity contribution is 6.33. The van der Waals surface area contributed by atoms with Gasteiger partial charge in [-0.3, -0.25) is 14.4 Å². The summed E-state index contributed by atoms with van der Waals surface area (Å²) in [6, 6.07) is 9.72. The van der Waals surface area contributed by atoms with Gasteiger partial charge < -0.3 is 24.6 Å². The Morgan fingerprint density at radius 3 is 2.43 bits per heavy atom. The number of hydrogen-bond acceptors (Lipinski definition) is 11. The molecule has 56 heavy (non-hydrogen) atoms. The van der Waals surface area contributed by atoms with Gasteiger partial charge in [-0.25, -0.2) is 19.6 Å². The number of piperidine rings is 1.